The normalized spacial score (nSPS) is 17.9. The average Bonchev–Trinajstić information content (AvgIpc) is 2.82. The van der Waals surface area contributed by atoms with Crippen molar-refractivity contribution in [2.75, 3.05) is 24.6 Å². The first-order valence-electron chi connectivity index (χ1n) is 5.42. The highest BCUT2D eigenvalue weighted by atomic mass is 16.5. The first-order chi connectivity index (χ1) is 6.90. The van der Waals surface area contributed by atoms with Gasteiger partial charge >= 0.3 is 0 Å². The minimum absolute atomic E-state index is 0.864. The maximum absolute atomic E-state index is 5.59. The maximum Gasteiger partial charge on any atom is 0.124 e. The van der Waals surface area contributed by atoms with E-state index in [0.717, 1.165) is 25.3 Å². The van der Waals surface area contributed by atoms with E-state index >= 15 is 0 Å². The van der Waals surface area contributed by atoms with Crippen LogP contribution in [0, 0.1) is 0 Å². The third-order valence-corrected chi connectivity index (χ3v) is 3.28. The van der Waals surface area contributed by atoms with Crippen LogP contribution in [0.15, 0.2) is 12.1 Å². The van der Waals surface area contributed by atoms with Gasteiger partial charge in [-0.1, -0.05) is 6.07 Å². The van der Waals surface area contributed by atoms with E-state index in [1.165, 1.54) is 29.8 Å². The fourth-order valence-electron chi connectivity index (χ4n) is 2.59. The van der Waals surface area contributed by atoms with Gasteiger partial charge in [0.1, 0.15) is 5.75 Å². The molecule has 2 nitrogen and oxygen atoms in total. The Balaban J connectivity index is 2.16. The van der Waals surface area contributed by atoms with Crippen LogP contribution in [0.3, 0.4) is 0 Å². The number of likely N-dealkylation sites (N-methyl/N-ethyl adjacent to an activating group) is 1. The van der Waals surface area contributed by atoms with E-state index in [2.05, 4.69) is 24.0 Å². The number of ether oxygens (including phenoxy) is 1. The van der Waals surface area contributed by atoms with E-state index in [0.29, 0.717) is 0 Å². The van der Waals surface area contributed by atoms with Crippen LogP contribution >= 0.6 is 0 Å². The molecular weight excluding hydrogens is 174 g/mol. The second-order valence-electron chi connectivity index (χ2n) is 3.98. The summed E-state index contributed by atoms with van der Waals surface area (Å²) in [5, 5.41) is 0. The van der Waals surface area contributed by atoms with E-state index in [-0.39, 0.29) is 0 Å². The van der Waals surface area contributed by atoms with Crippen LogP contribution in [0.4, 0.5) is 5.69 Å². The van der Waals surface area contributed by atoms with Crippen LogP contribution in [0.2, 0.25) is 0 Å². The van der Waals surface area contributed by atoms with E-state index in [1.54, 1.807) is 0 Å². The monoisotopic (exact) mass is 189 g/mol. The second kappa shape index (κ2) is 2.91. The van der Waals surface area contributed by atoms with Crippen molar-refractivity contribution in [1.82, 2.24) is 0 Å². The largest absolute Gasteiger partial charge is 0.493 e. The highest BCUT2D eigenvalue weighted by Crippen LogP contribution is 2.39. The van der Waals surface area contributed by atoms with Crippen molar-refractivity contribution < 1.29 is 4.74 Å². The lowest BCUT2D eigenvalue weighted by Crippen LogP contribution is -2.20. The topological polar surface area (TPSA) is 12.5 Å². The number of nitrogens with zero attached hydrogens (tertiary/aromatic N) is 1. The summed E-state index contributed by atoms with van der Waals surface area (Å²) in [6.45, 7) is 5.39. The molecule has 0 N–H and O–H groups in total. The standard InChI is InChI=1S/C12H15NO/c1-2-13-7-5-9-3-4-11-10(12(9)13)6-8-14-11/h3-4H,2,5-8H2,1H3. The van der Waals surface area contributed by atoms with E-state index in [1.807, 2.05) is 0 Å². The molecule has 0 amide bonds. The predicted octanol–water partition coefficient (Wildman–Crippen LogP) is 2.00. The van der Waals surface area contributed by atoms with Gasteiger partial charge in [0.15, 0.2) is 0 Å². The Morgan fingerprint density at radius 3 is 3.14 bits per heavy atom. The van der Waals surface area contributed by atoms with Gasteiger partial charge in [-0.25, -0.2) is 0 Å². The molecule has 2 heterocycles. The number of fused-ring (bicyclic) bond motifs is 3. The van der Waals surface area contributed by atoms with Gasteiger partial charge in [0.25, 0.3) is 0 Å². The fourth-order valence-corrected chi connectivity index (χ4v) is 2.59. The van der Waals surface area contributed by atoms with Gasteiger partial charge in [-0.05, 0) is 25.0 Å². The quantitative estimate of drug-likeness (QED) is 0.670. The van der Waals surface area contributed by atoms with E-state index < -0.39 is 0 Å². The zero-order valence-electron chi connectivity index (χ0n) is 8.55. The van der Waals surface area contributed by atoms with E-state index in [9.17, 15) is 0 Å². The lowest BCUT2D eigenvalue weighted by molar-refractivity contribution is 0.357. The summed E-state index contributed by atoms with van der Waals surface area (Å²) in [5.74, 6) is 1.11. The van der Waals surface area contributed by atoms with Crippen LogP contribution in [-0.2, 0) is 12.8 Å². The molecule has 0 spiro atoms. The van der Waals surface area contributed by atoms with Crippen molar-refractivity contribution in [3.05, 3.63) is 23.3 Å². The lowest BCUT2D eigenvalue weighted by atomic mass is 10.1. The van der Waals surface area contributed by atoms with Gasteiger partial charge in [-0.3, -0.25) is 0 Å². The summed E-state index contributed by atoms with van der Waals surface area (Å²) < 4.78 is 5.59. The molecule has 74 valence electrons. The molecule has 2 aliphatic heterocycles. The van der Waals surface area contributed by atoms with Gasteiger partial charge in [-0.15, -0.1) is 0 Å². The molecule has 0 atom stereocenters. The molecule has 2 aliphatic rings. The molecule has 1 aromatic carbocycles. The molecule has 0 saturated carbocycles. The van der Waals surface area contributed by atoms with Crippen LogP contribution in [0.1, 0.15) is 18.1 Å². The molecule has 0 aliphatic carbocycles. The van der Waals surface area contributed by atoms with Gasteiger partial charge in [-0.2, -0.15) is 0 Å². The Labute approximate surface area is 84.5 Å². The molecular formula is C12H15NO. The number of hydrogen-bond donors (Lipinski definition) is 0. The van der Waals surface area contributed by atoms with Crippen molar-refractivity contribution in [3.63, 3.8) is 0 Å². The molecule has 0 saturated heterocycles. The Morgan fingerprint density at radius 2 is 2.29 bits per heavy atom. The molecule has 1 aromatic rings. The third-order valence-electron chi connectivity index (χ3n) is 3.28. The molecule has 14 heavy (non-hydrogen) atoms. The smallest absolute Gasteiger partial charge is 0.124 e. The summed E-state index contributed by atoms with van der Waals surface area (Å²) in [6, 6.07) is 4.37. The molecule has 0 unspecified atom stereocenters. The maximum atomic E-state index is 5.59. The van der Waals surface area contributed by atoms with Crippen LogP contribution in [-0.4, -0.2) is 19.7 Å². The van der Waals surface area contributed by atoms with Crippen LogP contribution < -0.4 is 9.64 Å². The molecule has 0 bridgehead atoms. The van der Waals surface area contributed by atoms with Gasteiger partial charge in [0.2, 0.25) is 0 Å². The molecule has 3 rings (SSSR count). The molecule has 0 aromatic heterocycles. The molecule has 0 radical (unpaired) electrons. The first kappa shape index (κ1) is 8.16. The number of rotatable bonds is 1. The second-order valence-corrected chi connectivity index (χ2v) is 3.98. The third kappa shape index (κ3) is 0.969. The van der Waals surface area contributed by atoms with Crippen molar-refractivity contribution in [1.29, 1.82) is 0 Å². The highest BCUT2D eigenvalue weighted by molar-refractivity contribution is 5.68. The van der Waals surface area contributed by atoms with E-state index in [4.69, 9.17) is 4.74 Å². The van der Waals surface area contributed by atoms with Crippen molar-refractivity contribution in [3.8, 4) is 5.75 Å². The number of benzene rings is 1. The number of anilines is 1. The number of hydrogen-bond acceptors (Lipinski definition) is 2. The Bertz CT molecular complexity index is 373. The molecule has 2 heteroatoms. The van der Waals surface area contributed by atoms with Crippen LogP contribution in [0.25, 0.3) is 0 Å². The van der Waals surface area contributed by atoms with Crippen molar-refractivity contribution in [2.45, 2.75) is 19.8 Å². The summed E-state index contributed by atoms with van der Waals surface area (Å²) >= 11 is 0. The summed E-state index contributed by atoms with van der Waals surface area (Å²) in [5.41, 5.74) is 4.43. The Kier molecular flexibility index (Phi) is 1.69. The Hall–Kier alpha value is -1.18. The highest BCUT2D eigenvalue weighted by Gasteiger charge is 2.26. The van der Waals surface area contributed by atoms with Crippen molar-refractivity contribution in [2.24, 2.45) is 0 Å². The van der Waals surface area contributed by atoms with Gasteiger partial charge in [0.05, 0.1) is 6.61 Å². The van der Waals surface area contributed by atoms with Crippen molar-refractivity contribution >= 4 is 5.69 Å². The lowest BCUT2D eigenvalue weighted by Gasteiger charge is -2.19. The summed E-state index contributed by atoms with van der Waals surface area (Å²) in [7, 11) is 0. The zero-order valence-corrected chi connectivity index (χ0v) is 8.55. The minimum atomic E-state index is 0.864. The first-order valence-corrected chi connectivity index (χ1v) is 5.42. The van der Waals surface area contributed by atoms with Gasteiger partial charge < -0.3 is 9.64 Å². The summed E-state index contributed by atoms with van der Waals surface area (Å²) in [6.07, 6.45) is 2.30. The average molecular weight is 189 g/mol. The Morgan fingerprint density at radius 1 is 1.36 bits per heavy atom. The minimum Gasteiger partial charge on any atom is -0.493 e. The predicted molar refractivity (Wildman–Crippen MR) is 57.2 cm³/mol. The summed E-state index contributed by atoms with van der Waals surface area (Å²) in [4.78, 5) is 2.48. The SMILES string of the molecule is CCN1CCc2ccc3c(c21)CCO3. The zero-order chi connectivity index (χ0) is 9.54. The fraction of sp³-hybridized carbons (Fsp3) is 0.500. The van der Waals surface area contributed by atoms with Gasteiger partial charge in [0, 0.05) is 30.8 Å². The van der Waals surface area contributed by atoms with Crippen LogP contribution in [0.5, 0.6) is 5.75 Å². The molecule has 0 fully saturated rings.